The van der Waals surface area contributed by atoms with Crippen LogP contribution in [-0.2, 0) is 0 Å². The predicted octanol–water partition coefficient (Wildman–Crippen LogP) is 5.89. The van der Waals surface area contributed by atoms with Gasteiger partial charge in [-0.3, -0.25) is 0 Å². The number of anilines is 1. The summed E-state index contributed by atoms with van der Waals surface area (Å²) in [6.45, 7) is 5.99. The first-order valence-electron chi connectivity index (χ1n) is 8.99. The lowest BCUT2D eigenvalue weighted by Crippen LogP contribution is -2.16. The minimum Gasteiger partial charge on any atom is -0.352 e. The second kappa shape index (κ2) is 7.41. The highest BCUT2D eigenvalue weighted by atomic mass is 35.5. The summed E-state index contributed by atoms with van der Waals surface area (Å²) in [6.07, 6.45) is 0. The van der Waals surface area contributed by atoms with Gasteiger partial charge in [-0.1, -0.05) is 53.5 Å². The molecule has 2 aromatic carbocycles. The first kappa shape index (κ1) is 18.7. The molecule has 4 aromatic rings. The predicted molar refractivity (Wildman–Crippen MR) is 115 cm³/mol. The zero-order chi connectivity index (χ0) is 19.8. The van der Waals surface area contributed by atoms with Crippen LogP contribution in [0.2, 0.25) is 10.0 Å². The monoisotopic (exact) mass is 411 g/mol. The number of aryl methyl sites for hydroxylation is 1. The Bertz CT molecular complexity index is 1150. The van der Waals surface area contributed by atoms with Gasteiger partial charge in [0.1, 0.15) is 11.5 Å². The van der Waals surface area contributed by atoms with E-state index >= 15 is 0 Å². The molecule has 142 valence electrons. The lowest BCUT2D eigenvalue weighted by molar-refractivity contribution is 0.814. The Labute approximate surface area is 173 Å². The van der Waals surface area contributed by atoms with Gasteiger partial charge in [-0.15, -0.1) is 0 Å². The first-order valence-corrected chi connectivity index (χ1v) is 9.74. The average Bonchev–Trinajstić information content (AvgIpc) is 3.01. The van der Waals surface area contributed by atoms with Crippen molar-refractivity contribution in [2.75, 3.05) is 5.32 Å². The van der Waals surface area contributed by atoms with Crippen LogP contribution in [0.4, 0.5) is 5.95 Å². The molecule has 0 atom stereocenters. The fourth-order valence-corrected chi connectivity index (χ4v) is 3.47. The van der Waals surface area contributed by atoms with E-state index in [0.29, 0.717) is 27.5 Å². The molecular formula is C21H19Cl2N5. The lowest BCUT2D eigenvalue weighted by atomic mass is 10.0. The third-order valence-corrected chi connectivity index (χ3v) is 4.86. The summed E-state index contributed by atoms with van der Waals surface area (Å²) in [6, 6.07) is 15.5. The molecule has 7 heteroatoms. The molecule has 0 aliphatic heterocycles. The highest BCUT2D eigenvalue weighted by Crippen LogP contribution is 2.38. The van der Waals surface area contributed by atoms with Gasteiger partial charge < -0.3 is 5.32 Å². The summed E-state index contributed by atoms with van der Waals surface area (Å²) in [5.74, 6) is 1.31. The molecule has 0 amide bonds. The maximum absolute atomic E-state index is 6.50. The normalized spacial score (nSPS) is 11.4. The quantitative estimate of drug-likeness (QED) is 0.454. The molecular weight excluding hydrogens is 393 g/mol. The summed E-state index contributed by atoms with van der Waals surface area (Å²) in [5, 5.41) is 9.50. The van der Waals surface area contributed by atoms with Crippen LogP contribution in [0.1, 0.15) is 19.7 Å². The van der Waals surface area contributed by atoms with Crippen LogP contribution >= 0.6 is 23.2 Å². The summed E-state index contributed by atoms with van der Waals surface area (Å²) in [5.41, 5.74) is 4.16. The van der Waals surface area contributed by atoms with Crippen molar-refractivity contribution < 1.29 is 0 Å². The van der Waals surface area contributed by atoms with Crippen LogP contribution in [0.15, 0.2) is 48.5 Å². The summed E-state index contributed by atoms with van der Waals surface area (Å²) < 4.78 is 1.75. The maximum atomic E-state index is 6.50. The molecule has 2 aromatic heterocycles. The smallest absolute Gasteiger partial charge is 0.227 e. The van der Waals surface area contributed by atoms with Crippen LogP contribution in [-0.4, -0.2) is 25.6 Å². The fourth-order valence-electron chi connectivity index (χ4n) is 3.11. The van der Waals surface area contributed by atoms with Crippen molar-refractivity contribution in [1.82, 2.24) is 19.6 Å². The van der Waals surface area contributed by atoms with E-state index in [1.54, 1.807) is 4.52 Å². The van der Waals surface area contributed by atoms with Gasteiger partial charge in [0, 0.05) is 16.6 Å². The third-order valence-electron chi connectivity index (χ3n) is 4.28. The second-order valence-corrected chi connectivity index (χ2v) is 7.68. The maximum Gasteiger partial charge on any atom is 0.227 e. The third kappa shape index (κ3) is 3.43. The number of benzene rings is 2. The first-order chi connectivity index (χ1) is 13.4. The van der Waals surface area contributed by atoms with Crippen molar-refractivity contribution in [1.29, 1.82) is 0 Å². The Kier molecular flexibility index (Phi) is 4.96. The van der Waals surface area contributed by atoms with Crippen molar-refractivity contribution in [3.8, 4) is 22.4 Å². The number of aromatic nitrogens is 4. The Morgan fingerprint density at radius 1 is 0.964 bits per heavy atom. The summed E-state index contributed by atoms with van der Waals surface area (Å²) >= 11 is 12.6. The Balaban J connectivity index is 2.08. The van der Waals surface area contributed by atoms with Crippen LogP contribution in [0.5, 0.6) is 0 Å². The average molecular weight is 412 g/mol. The van der Waals surface area contributed by atoms with Gasteiger partial charge in [-0.05, 0) is 44.5 Å². The molecule has 2 heterocycles. The van der Waals surface area contributed by atoms with Gasteiger partial charge in [-0.25, -0.2) is 4.98 Å². The zero-order valence-electron chi connectivity index (χ0n) is 15.7. The van der Waals surface area contributed by atoms with Crippen molar-refractivity contribution in [2.45, 2.75) is 26.8 Å². The number of nitrogens with one attached hydrogen (secondary N) is 1. The van der Waals surface area contributed by atoms with Crippen LogP contribution < -0.4 is 5.32 Å². The fraction of sp³-hybridized carbons (Fsp3) is 0.190. The number of halogens is 2. The van der Waals surface area contributed by atoms with Crippen LogP contribution in [0.25, 0.3) is 28.0 Å². The topological polar surface area (TPSA) is 55.1 Å². The molecule has 4 rings (SSSR count). The molecule has 0 unspecified atom stereocenters. The largest absolute Gasteiger partial charge is 0.352 e. The Morgan fingerprint density at radius 2 is 1.68 bits per heavy atom. The summed E-state index contributed by atoms with van der Waals surface area (Å²) in [7, 11) is 0. The van der Waals surface area contributed by atoms with E-state index in [0.717, 1.165) is 22.4 Å². The standard InChI is InChI=1S/C21H19Cl2N5/c1-12(2)24-21-26-13(3)25-20-18(14-8-10-15(22)11-9-14)19(27-28(20)21)16-6-4-5-7-17(16)23/h4-12H,1-3H3,(H,24,25,26). The minimum atomic E-state index is 0.199. The SMILES string of the molecule is Cc1nc(NC(C)C)n2nc(-c3ccccc3Cl)c(-c3ccc(Cl)cc3)c2n1. The van der Waals surface area contributed by atoms with Crippen molar-refractivity contribution >= 4 is 34.8 Å². The Hall–Kier alpha value is -2.63. The van der Waals surface area contributed by atoms with E-state index in [1.165, 1.54) is 0 Å². The van der Waals surface area contributed by atoms with Crippen molar-refractivity contribution in [3.63, 3.8) is 0 Å². The van der Waals surface area contributed by atoms with Crippen molar-refractivity contribution in [2.24, 2.45) is 0 Å². The van der Waals surface area contributed by atoms with Gasteiger partial charge in [0.2, 0.25) is 5.95 Å². The second-order valence-electron chi connectivity index (χ2n) is 6.84. The summed E-state index contributed by atoms with van der Waals surface area (Å²) in [4.78, 5) is 9.24. The highest BCUT2D eigenvalue weighted by molar-refractivity contribution is 6.33. The molecule has 1 N–H and O–H groups in total. The number of hydrogen-bond donors (Lipinski definition) is 1. The highest BCUT2D eigenvalue weighted by Gasteiger charge is 2.22. The van der Waals surface area contributed by atoms with Gasteiger partial charge in [0.15, 0.2) is 5.65 Å². The number of rotatable bonds is 4. The van der Waals surface area contributed by atoms with E-state index in [-0.39, 0.29) is 6.04 Å². The molecule has 0 fully saturated rings. The minimum absolute atomic E-state index is 0.199. The van der Waals surface area contributed by atoms with Gasteiger partial charge in [0.05, 0.1) is 10.6 Å². The Morgan fingerprint density at radius 3 is 2.36 bits per heavy atom. The molecule has 0 spiro atoms. The van der Waals surface area contributed by atoms with Gasteiger partial charge >= 0.3 is 0 Å². The molecule has 0 bridgehead atoms. The van der Waals surface area contributed by atoms with E-state index in [4.69, 9.17) is 33.3 Å². The molecule has 28 heavy (non-hydrogen) atoms. The van der Waals surface area contributed by atoms with E-state index in [2.05, 4.69) is 24.1 Å². The molecule has 5 nitrogen and oxygen atoms in total. The van der Waals surface area contributed by atoms with Crippen LogP contribution in [0, 0.1) is 6.92 Å². The molecule has 0 aliphatic rings. The number of fused-ring (bicyclic) bond motifs is 1. The number of hydrogen-bond acceptors (Lipinski definition) is 4. The van der Waals surface area contributed by atoms with E-state index < -0.39 is 0 Å². The van der Waals surface area contributed by atoms with Crippen LogP contribution in [0.3, 0.4) is 0 Å². The van der Waals surface area contributed by atoms with Gasteiger partial charge in [0.25, 0.3) is 0 Å². The molecule has 0 saturated carbocycles. The van der Waals surface area contributed by atoms with Crippen molar-refractivity contribution in [3.05, 3.63) is 64.4 Å². The molecule has 0 aliphatic carbocycles. The van der Waals surface area contributed by atoms with E-state index in [9.17, 15) is 0 Å². The van der Waals surface area contributed by atoms with Gasteiger partial charge in [-0.2, -0.15) is 14.6 Å². The lowest BCUT2D eigenvalue weighted by Gasteiger charge is -2.10. The van der Waals surface area contributed by atoms with E-state index in [1.807, 2.05) is 55.5 Å². The zero-order valence-corrected chi connectivity index (χ0v) is 17.3. The molecule has 0 radical (unpaired) electrons. The molecule has 0 saturated heterocycles. The number of nitrogens with zero attached hydrogens (tertiary/aromatic N) is 4.